The van der Waals surface area contributed by atoms with Crippen molar-refractivity contribution >= 4 is 5.91 Å². The molecule has 37 heavy (non-hydrogen) atoms. The fourth-order valence-electron chi connectivity index (χ4n) is 4.85. The second-order valence-corrected chi connectivity index (χ2v) is 9.60. The summed E-state index contributed by atoms with van der Waals surface area (Å²) >= 11 is 0. The third kappa shape index (κ3) is 6.92. The average molecular weight is 506 g/mol. The summed E-state index contributed by atoms with van der Waals surface area (Å²) < 4.78 is 17.4. The molecule has 1 unspecified atom stereocenters. The van der Waals surface area contributed by atoms with Crippen LogP contribution in [0.1, 0.15) is 49.3 Å². The van der Waals surface area contributed by atoms with E-state index < -0.39 is 0 Å². The quantitative estimate of drug-likeness (QED) is 0.380. The first-order valence-electron chi connectivity index (χ1n) is 13.4. The molecule has 0 spiro atoms. The van der Waals surface area contributed by atoms with Crippen LogP contribution in [0.5, 0.6) is 11.5 Å². The summed E-state index contributed by atoms with van der Waals surface area (Å²) in [4.78, 5) is 20.1. The molecule has 1 aromatic heterocycles. The van der Waals surface area contributed by atoms with E-state index in [9.17, 15) is 4.79 Å². The number of hydrogen-bond donors (Lipinski definition) is 1. The average Bonchev–Trinajstić information content (AvgIpc) is 3.25. The zero-order chi connectivity index (χ0) is 26.2. The molecule has 2 heterocycles. The first-order chi connectivity index (χ1) is 18.0. The molecule has 2 aromatic carbocycles. The molecule has 0 saturated carbocycles. The summed E-state index contributed by atoms with van der Waals surface area (Å²) in [7, 11) is 0. The van der Waals surface area contributed by atoms with Crippen LogP contribution in [0.15, 0.2) is 46.9 Å². The molecule has 1 atom stereocenters. The van der Waals surface area contributed by atoms with E-state index >= 15 is 0 Å². The Morgan fingerprint density at radius 2 is 1.89 bits per heavy atom. The van der Waals surface area contributed by atoms with Crippen LogP contribution >= 0.6 is 0 Å². The maximum absolute atomic E-state index is 13.0. The topological polar surface area (TPSA) is 76.8 Å². The smallest absolute Gasteiger partial charge is 0.226 e. The Kier molecular flexibility index (Phi) is 9.23. The summed E-state index contributed by atoms with van der Waals surface area (Å²) in [6.07, 6.45) is 2.65. The van der Waals surface area contributed by atoms with E-state index in [1.54, 1.807) is 0 Å². The highest BCUT2D eigenvalue weighted by molar-refractivity contribution is 5.79. The van der Waals surface area contributed by atoms with Crippen LogP contribution in [0.3, 0.4) is 0 Å². The predicted octanol–water partition coefficient (Wildman–Crippen LogP) is 5.33. The fraction of sp³-hybridized carbons (Fsp3) is 0.467. The minimum absolute atomic E-state index is 0.0175. The molecule has 1 aliphatic heterocycles. The van der Waals surface area contributed by atoms with Crippen LogP contribution in [0.2, 0.25) is 0 Å². The third-order valence-electron chi connectivity index (χ3n) is 6.84. The number of benzene rings is 2. The summed E-state index contributed by atoms with van der Waals surface area (Å²) in [5, 5.41) is 3.15. The Labute approximate surface area is 220 Å². The first kappa shape index (κ1) is 26.7. The molecule has 0 radical (unpaired) electrons. The van der Waals surface area contributed by atoms with Gasteiger partial charge in [-0.1, -0.05) is 24.3 Å². The lowest BCUT2D eigenvalue weighted by atomic mass is 9.97. The minimum atomic E-state index is -0.0175. The van der Waals surface area contributed by atoms with Crippen molar-refractivity contribution < 1.29 is 18.7 Å². The number of nitrogens with one attached hydrogen (secondary N) is 1. The van der Waals surface area contributed by atoms with Crippen molar-refractivity contribution in [3.05, 3.63) is 65.0 Å². The highest BCUT2D eigenvalue weighted by atomic mass is 16.5. The number of rotatable bonds is 11. The summed E-state index contributed by atoms with van der Waals surface area (Å²) in [5.74, 6) is 3.12. The number of hydrogen-bond acceptors (Lipinski definition) is 6. The van der Waals surface area contributed by atoms with Crippen molar-refractivity contribution in [3.8, 4) is 23.0 Å². The van der Waals surface area contributed by atoms with E-state index in [0.717, 1.165) is 72.0 Å². The van der Waals surface area contributed by atoms with Crippen LogP contribution in [-0.2, 0) is 17.8 Å². The van der Waals surface area contributed by atoms with Gasteiger partial charge in [-0.2, -0.15) is 0 Å². The molecule has 1 aliphatic rings. The zero-order valence-corrected chi connectivity index (χ0v) is 22.5. The van der Waals surface area contributed by atoms with Crippen molar-refractivity contribution in [2.24, 2.45) is 5.92 Å². The number of piperidine rings is 1. The standard InChI is InChI=1S/C30H39N3O4/c1-5-35-27-14-13-23(18-28(27)36-6-2)15-16-31-29(34)24-11-9-17-33(19-24)20-26-22(4)37-30(32-26)25-12-8-7-10-21(25)3/h7-8,10,12-14,18,24H,5-6,9,11,15-17,19-20H2,1-4H3,(H,31,34). The molecule has 1 N–H and O–H groups in total. The van der Waals surface area contributed by atoms with Crippen LogP contribution in [0.4, 0.5) is 0 Å². The van der Waals surface area contributed by atoms with Crippen LogP contribution in [0.25, 0.3) is 11.5 Å². The Balaban J connectivity index is 1.30. The Bertz CT molecular complexity index is 1190. The molecule has 0 bridgehead atoms. The molecule has 1 amide bonds. The van der Waals surface area contributed by atoms with E-state index in [1.807, 2.05) is 57.2 Å². The van der Waals surface area contributed by atoms with E-state index in [1.165, 1.54) is 0 Å². The first-order valence-corrected chi connectivity index (χ1v) is 13.4. The molecule has 4 rings (SSSR count). The molecule has 7 nitrogen and oxygen atoms in total. The highest BCUT2D eigenvalue weighted by Crippen LogP contribution is 2.29. The van der Waals surface area contributed by atoms with E-state index in [4.69, 9.17) is 18.9 Å². The van der Waals surface area contributed by atoms with Gasteiger partial charge in [0.1, 0.15) is 5.76 Å². The summed E-state index contributed by atoms with van der Waals surface area (Å²) in [6, 6.07) is 14.1. The molecule has 1 fully saturated rings. The minimum Gasteiger partial charge on any atom is -0.490 e. The molecule has 7 heteroatoms. The molecule has 1 saturated heterocycles. The highest BCUT2D eigenvalue weighted by Gasteiger charge is 2.27. The maximum Gasteiger partial charge on any atom is 0.226 e. The van der Waals surface area contributed by atoms with Crippen molar-refractivity contribution in [2.45, 2.75) is 53.5 Å². The lowest BCUT2D eigenvalue weighted by Gasteiger charge is -2.31. The normalized spacial score (nSPS) is 15.9. The van der Waals surface area contributed by atoms with Crippen LogP contribution < -0.4 is 14.8 Å². The van der Waals surface area contributed by atoms with Gasteiger partial charge in [0.05, 0.1) is 24.8 Å². The second kappa shape index (κ2) is 12.8. The SMILES string of the molecule is CCOc1ccc(CCNC(=O)C2CCCN(Cc3nc(-c4ccccc4C)oc3C)C2)cc1OCC. The number of likely N-dealkylation sites (tertiary alicyclic amines) is 1. The van der Waals surface area contributed by atoms with Crippen molar-refractivity contribution in [1.29, 1.82) is 0 Å². The van der Waals surface area contributed by atoms with Crippen molar-refractivity contribution in [3.63, 3.8) is 0 Å². The van der Waals surface area contributed by atoms with E-state index in [-0.39, 0.29) is 11.8 Å². The molecule has 198 valence electrons. The van der Waals surface area contributed by atoms with Gasteiger partial charge in [0.25, 0.3) is 0 Å². The van der Waals surface area contributed by atoms with Crippen LogP contribution in [-0.4, -0.2) is 48.6 Å². The summed E-state index contributed by atoms with van der Waals surface area (Å²) in [6.45, 7) is 12.1. The fourth-order valence-corrected chi connectivity index (χ4v) is 4.85. The van der Waals surface area contributed by atoms with Gasteiger partial charge in [-0.05, 0) is 82.8 Å². The monoisotopic (exact) mass is 505 g/mol. The van der Waals surface area contributed by atoms with E-state index in [2.05, 4.69) is 23.2 Å². The molecule has 0 aliphatic carbocycles. The Morgan fingerprint density at radius 1 is 1.11 bits per heavy atom. The van der Waals surface area contributed by atoms with Crippen molar-refractivity contribution in [2.75, 3.05) is 32.8 Å². The number of nitrogens with zero attached hydrogens (tertiary/aromatic N) is 2. The van der Waals surface area contributed by atoms with Gasteiger partial charge in [-0.25, -0.2) is 4.98 Å². The Hall–Kier alpha value is -3.32. The number of aromatic nitrogens is 1. The largest absolute Gasteiger partial charge is 0.490 e. The lowest BCUT2D eigenvalue weighted by Crippen LogP contribution is -2.43. The number of oxazole rings is 1. The van der Waals surface area contributed by atoms with E-state index in [0.29, 0.717) is 32.2 Å². The predicted molar refractivity (Wildman–Crippen MR) is 145 cm³/mol. The van der Waals surface area contributed by atoms with Gasteiger partial charge in [0, 0.05) is 25.2 Å². The molecule has 3 aromatic rings. The van der Waals surface area contributed by atoms with Gasteiger partial charge < -0.3 is 19.2 Å². The molecular formula is C30H39N3O4. The number of amides is 1. The summed E-state index contributed by atoms with van der Waals surface area (Å²) in [5.41, 5.74) is 4.22. The number of carbonyl (C=O) groups excluding carboxylic acids is 1. The number of aryl methyl sites for hydroxylation is 2. The second-order valence-electron chi connectivity index (χ2n) is 9.60. The zero-order valence-electron chi connectivity index (χ0n) is 22.5. The van der Waals surface area contributed by atoms with Gasteiger partial charge in [-0.3, -0.25) is 9.69 Å². The van der Waals surface area contributed by atoms with Gasteiger partial charge in [0.15, 0.2) is 11.5 Å². The molecular weight excluding hydrogens is 466 g/mol. The maximum atomic E-state index is 13.0. The van der Waals surface area contributed by atoms with Gasteiger partial charge in [-0.15, -0.1) is 0 Å². The van der Waals surface area contributed by atoms with Crippen LogP contribution in [0, 0.1) is 19.8 Å². The Morgan fingerprint density at radius 3 is 2.68 bits per heavy atom. The number of carbonyl (C=O) groups is 1. The lowest BCUT2D eigenvalue weighted by molar-refractivity contribution is -0.126. The van der Waals surface area contributed by atoms with Gasteiger partial charge >= 0.3 is 0 Å². The number of ether oxygens (including phenoxy) is 2. The third-order valence-corrected chi connectivity index (χ3v) is 6.84. The van der Waals surface area contributed by atoms with Crippen molar-refractivity contribution in [1.82, 2.24) is 15.2 Å². The van der Waals surface area contributed by atoms with Gasteiger partial charge in [0.2, 0.25) is 11.8 Å².